The molecule has 9 nitrogen and oxygen atoms in total. The van der Waals surface area contributed by atoms with Crippen molar-refractivity contribution in [3.63, 3.8) is 0 Å². The van der Waals surface area contributed by atoms with Crippen LogP contribution in [0.1, 0.15) is 50.9 Å². The molecular formula is C21H31N3O6S. The van der Waals surface area contributed by atoms with Crippen molar-refractivity contribution in [2.75, 3.05) is 26.2 Å². The van der Waals surface area contributed by atoms with E-state index >= 15 is 0 Å². The van der Waals surface area contributed by atoms with Crippen LogP contribution in [-0.2, 0) is 19.6 Å². The molecule has 0 atom stereocenters. The summed E-state index contributed by atoms with van der Waals surface area (Å²) in [4.78, 5) is 35.4. The fourth-order valence-corrected chi connectivity index (χ4v) is 4.65. The molecule has 1 aromatic carbocycles. The van der Waals surface area contributed by atoms with Crippen LogP contribution < -0.4 is 10.6 Å². The van der Waals surface area contributed by atoms with Crippen LogP contribution in [0, 0.1) is 5.92 Å². The van der Waals surface area contributed by atoms with E-state index in [1.165, 1.54) is 35.5 Å². The first-order valence-corrected chi connectivity index (χ1v) is 11.7. The lowest BCUT2D eigenvalue weighted by molar-refractivity contribution is -0.126. The smallest absolute Gasteiger partial charge is 0.407 e. The second kappa shape index (κ2) is 10.2. The summed E-state index contributed by atoms with van der Waals surface area (Å²) in [6, 6.07) is 5.87. The SMILES string of the molecule is CC(=O)c1ccc(S(=O)(=O)N2CCC(C(=O)NCCNC(=O)OC(C)(C)C)CC2)cc1. The van der Waals surface area contributed by atoms with Crippen LogP contribution in [-0.4, -0.2) is 62.3 Å². The molecule has 0 aromatic heterocycles. The molecule has 1 heterocycles. The number of ether oxygens (including phenoxy) is 1. The topological polar surface area (TPSA) is 122 Å². The number of hydrogen-bond acceptors (Lipinski definition) is 6. The fraction of sp³-hybridized carbons (Fsp3) is 0.571. The Balaban J connectivity index is 1.79. The maximum Gasteiger partial charge on any atom is 0.407 e. The summed E-state index contributed by atoms with van der Waals surface area (Å²) in [5.41, 5.74) is -0.132. The molecule has 0 radical (unpaired) electrons. The number of carbonyl (C=O) groups is 3. The Labute approximate surface area is 183 Å². The third-order valence-corrected chi connectivity index (χ3v) is 6.73. The van der Waals surface area contributed by atoms with Gasteiger partial charge in [0, 0.05) is 37.7 Å². The number of ketones is 1. The predicted octanol–water partition coefficient (Wildman–Crippen LogP) is 1.93. The number of hydrogen-bond donors (Lipinski definition) is 2. The van der Waals surface area contributed by atoms with Gasteiger partial charge in [0.15, 0.2) is 5.78 Å². The van der Waals surface area contributed by atoms with E-state index in [0.717, 1.165) is 0 Å². The monoisotopic (exact) mass is 453 g/mol. The zero-order valence-corrected chi connectivity index (χ0v) is 19.3. The Bertz CT molecular complexity index is 898. The molecule has 0 saturated carbocycles. The van der Waals surface area contributed by atoms with Crippen LogP contribution >= 0.6 is 0 Å². The number of nitrogens with zero attached hydrogens (tertiary/aromatic N) is 1. The summed E-state index contributed by atoms with van der Waals surface area (Å²) in [6.07, 6.45) is 0.281. The Morgan fingerprint density at radius 2 is 1.58 bits per heavy atom. The highest BCUT2D eigenvalue weighted by molar-refractivity contribution is 7.89. The number of rotatable bonds is 7. The first kappa shape index (κ1) is 24.8. The van der Waals surface area contributed by atoms with Crippen molar-refractivity contribution in [3.8, 4) is 0 Å². The zero-order valence-electron chi connectivity index (χ0n) is 18.4. The summed E-state index contributed by atoms with van der Waals surface area (Å²) < 4.78 is 32.1. The van der Waals surface area contributed by atoms with E-state index in [1.807, 2.05) is 0 Å². The number of benzene rings is 1. The molecule has 1 fully saturated rings. The van der Waals surface area contributed by atoms with Gasteiger partial charge >= 0.3 is 6.09 Å². The van der Waals surface area contributed by atoms with E-state index < -0.39 is 21.7 Å². The molecule has 2 N–H and O–H groups in total. The molecule has 2 rings (SSSR count). The highest BCUT2D eigenvalue weighted by Gasteiger charge is 2.32. The van der Waals surface area contributed by atoms with Crippen LogP contribution in [0.5, 0.6) is 0 Å². The molecule has 1 aliphatic rings. The van der Waals surface area contributed by atoms with Gasteiger partial charge in [0.25, 0.3) is 0 Å². The van der Waals surface area contributed by atoms with Gasteiger partial charge in [-0.3, -0.25) is 9.59 Å². The Hall–Kier alpha value is -2.46. The number of carbonyl (C=O) groups excluding carboxylic acids is 3. The summed E-state index contributed by atoms with van der Waals surface area (Å²) in [6.45, 7) is 7.71. The van der Waals surface area contributed by atoms with Gasteiger partial charge < -0.3 is 15.4 Å². The maximum absolute atomic E-state index is 12.8. The average molecular weight is 454 g/mol. The highest BCUT2D eigenvalue weighted by Crippen LogP contribution is 2.24. The van der Waals surface area contributed by atoms with Crippen molar-refractivity contribution >= 4 is 27.8 Å². The number of nitrogens with one attached hydrogen (secondary N) is 2. The van der Waals surface area contributed by atoms with Crippen molar-refractivity contribution < 1.29 is 27.5 Å². The average Bonchev–Trinajstić information content (AvgIpc) is 2.70. The Kier molecular flexibility index (Phi) is 8.19. The standard InChI is InChI=1S/C21H31N3O6S/c1-15(25)16-5-7-18(8-6-16)31(28,29)24-13-9-17(10-14-24)19(26)22-11-12-23-20(27)30-21(2,3)4/h5-8,17H,9-14H2,1-4H3,(H,22,26)(H,23,27). The van der Waals surface area contributed by atoms with Gasteiger partial charge in [-0.2, -0.15) is 4.31 Å². The lowest BCUT2D eigenvalue weighted by Gasteiger charge is -2.30. The number of piperidine rings is 1. The van der Waals surface area contributed by atoms with Crippen molar-refractivity contribution in [1.82, 2.24) is 14.9 Å². The molecule has 1 aromatic rings. The lowest BCUT2D eigenvalue weighted by Crippen LogP contribution is -2.44. The number of amides is 2. The summed E-state index contributed by atoms with van der Waals surface area (Å²) in [5, 5.41) is 5.33. The second-order valence-corrected chi connectivity index (χ2v) is 10.4. The van der Waals surface area contributed by atoms with E-state index in [2.05, 4.69) is 10.6 Å². The number of sulfonamides is 1. The molecule has 10 heteroatoms. The molecule has 0 unspecified atom stereocenters. The molecule has 0 aliphatic carbocycles. The fourth-order valence-electron chi connectivity index (χ4n) is 3.18. The van der Waals surface area contributed by atoms with Gasteiger partial charge in [-0.1, -0.05) is 12.1 Å². The number of alkyl carbamates (subject to hydrolysis) is 1. The van der Waals surface area contributed by atoms with Gasteiger partial charge in [0.1, 0.15) is 5.60 Å². The zero-order chi connectivity index (χ0) is 23.2. The van der Waals surface area contributed by atoms with Crippen molar-refractivity contribution in [3.05, 3.63) is 29.8 Å². The van der Waals surface area contributed by atoms with Crippen LogP contribution in [0.4, 0.5) is 4.79 Å². The summed E-state index contributed by atoms with van der Waals surface area (Å²) >= 11 is 0. The Morgan fingerprint density at radius 3 is 2.10 bits per heavy atom. The normalized spacial score (nSPS) is 15.9. The van der Waals surface area contributed by atoms with Crippen LogP contribution in [0.2, 0.25) is 0 Å². The molecule has 172 valence electrons. The molecule has 31 heavy (non-hydrogen) atoms. The van der Waals surface area contributed by atoms with Crippen molar-refractivity contribution in [2.24, 2.45) is 5.92 Å². The number of Topliss-reactive ketones (excluding diaryl/α,β-unsaturated/α-hetero) is 1. The van der Waals surface area contributed by atoms with Crippen molar-refractivity contribution in [1.29, 1.82) is 0 Å². The van der Waals surface area contributed by atoms with E-state index in [0.29, 0.717) is 18.4 Å². The minimum absolute atomic E-state index is 0.128. The predicted molar refractivity (Wildman–Crippen MR) is 115 cm³/mol. The molecule has 1 saturated heterocycles. The molecule has 1 aliphatic heterocycles. The summed E-state index contributed by atoms with van der Waals surface area (Å²) in [7, 11) is -3.67. The van der Waals surface area contributed by atoms with Gasteiger partial charge in [-0.05, 0) is 52.7 Å². The molecule has 0 spiro atoms. The summed E-state index contributed by atoms with van der Waals surface area (Å²) in [5.74, 6) is -0.570. The van der Waals surface area contributed by atoms with Gasteiger partial charge in [0.05, 0.1) is 4.90 Å². The Morgan fingerprint density at radius 1 is 1.03 bits per heavy atom. The van der Waals surface area contributed by atoms with E-state index in [9.17, 15) is 22.8 Å². The molecular weight excluding hydrogens is 422 g/mol. The highest BCUT2D eigenvalue weighted by atomic mass is 32.2. The van der Waals surface area contributed by atoms with Crippen LogP contribution in [0.3, 0.4) is 0 Å². The minimum Gasteiger partial charge on any atom is -0.444 e. The van der Waals surface area contributed by atoms with E-state index in [1.54, 1.807) is 20.8 Å². The maximum atomic E-state index is 12.8. The van der Waals surface area contributed by atoms with Crippen LogP contribution in [0.15, 0.2) is 29.2 Å². The minimum atomic E-state index is -3.67. The van der Waals surface area contributed by atoms with Gasteiger partial charge in [-0.15, -0.1) is 0 Å². The largest absolute Gasteiger partial charge is 0.444 e. The van der Waals surface area contributed by atoms with Gasteiger partial charge in [0.2, 0.25) is 15.9 Å². The van der Waals surface area contributed by atoms with E-state index in [-0.39, 0.29) is 48.7 Å². The molecule has 0 bridgehead atoms. The second-order valence-electron chi connectivity index (χ2n) is 8.48. The third-order valence-electron chi connectivity index (χ3n) is 4.82. The van der Waals surface area contributed by atoms with E-state index in [4.69, 9.17) is 4.74 Å². The first-order valence-electron chi connectivity index (χ1n) is 10.3. The van der Waals surface area contributed by atoms with Gasteiger partial charge in [-0.25, -0.2) is 13.2 Å². The quantitative estimate of drug-likeness (QED) is 0.481. The first-order chi connectivity index (χ1) is 14.4. The lowest BCUT2D eigenvalue weighted by atomic mass is 9.97. The van der Waals surface area contributed by atoms with Crippen LogP contribution in [0.25, 0.3) is 0 Å². The van der Waals surface area contributed by atoms with Crippen molar-refractivity contribution in [2.45, 2.75) is 51.0 Å². The molecule has 2 amide bonds. The third kappa shape index (κ3) is 7.32.